The average Bonchev–Trinajstić information content (AvgIpc) is 2.96. The molecule has 21 heavy (non-hydrogen) atoms. The van der Waals surface area contributed by atoms with Crippen molar-refractivity contribution in [3.05, 3.63) is 40.8 Å². The summed E-state index contributed by atoms with van der Waals surface area (Å²) in [5.74, 6) is 0. The van der Waals surface area contributed by atoms with Crippen molar-refractivity contribution < 1.29 is 8.42 Å². The third kappa shape index (κ3) is 2.86. The highest BCUT2D eigenvalue weighted by Crippen LogP contribution is 2.28. The number of thiophene rings is 1. The van der Waals surface area contributed by atoms with Gasteiger partial charge in [0.15, 0.2) is 0 Å². The Labute approximate surface area is 127 Å². The fourth-order valence-corrected chi connectivity index (χ4v) is 4.42. The van der Waals surface area contributed by atoms with Gasteiger partial charge in [0, 0.05) is 17.9 Å². The van der Waals surface area contributed by atoms with E-state index in [1.54, 1.807) is 6.07 Å². The van der Waals surface area contributed by atoms with E-state index in [1.807, 2.05) is 18.2 Å². The number of nitrogens with zero attached hydrogens (tertiary/aromatic N) is 1. The van der Waals surface area contributed by atoms with E-state index in [9.17, 15) is 8.42 Å². The summed E-state index contributed by atoms with van der Waals surface area (Å²) in [4.78, 5) is 0.380. The zero-order valence-electron chi connectivity index (χ0n) is 11.1. The number of fused-ring (bicyclic) bond motifs is 1. The van der Waals surface area contributed by atoms with E-state index in [1.165, 1.54) is 12.1 Å². The van der Waals surface area contributed by atoms with Crippen LogP contribution < -0.4 is 10.0 Å². The second kappa shape index (κ2) is 5.39. The van der Waals surface area contributed by atoms with Crippen LogP contribution >= 0.6 is 11.3 Å². The molecule has 1 aliphatic heterocycles. The van der Waals surface area contributed by atoms with Gasteiger partial charge in [0.1, 0.15) is 15.2 Å². The van der Waals surface area contributed by atoms with Gasteiger partial charge in [-0.25, -0.2) is 8.42 Å². The van der Waals surface area contributed by atoms with E-state index in [2.05, 4.69) is 10.0 Å². The Balaban J connectivity index is 1.87. The van der Waals surface area contributed by atoms with Crippen LogP contribution in [0.2, 0.25) is 0 Å². The molecule has 0 amide bonds. The molecule has 0 spiro atoms. The van der Waals surface area contributed by atoms with E-state index >= 15 is 0 Å². The second-order valence-corrected chi connectivity index (χ2v) is 7.73. The van der Waals surface area contributed by atoms with Gasteiger partial charge in [-0.15, -0.1) is 11.3 Å². The van der Waals surface area contributed by atoms with E-state index in [0.29, 0.717) is 10.6 Å². The van der Waals surface area contributed by atoms with Gasteiger partial charge in [-0.05, 0) is 48.7 Å². The Hall–Kier alpha value is -2.04. The molecule has 7 heteroatoms. The highest BCUT2D eigenvalue weighted by Gasteiger charge is 2.18. The Morgan fingerprint density at radius 2 is 2.14 bits per heavy atom. The van der Waals surface area contributed by atoms with Crippen molar-refractivity contribution in [3.63, 3.8) is 0 Å². The Morgan fingerprint density at radius 3 is 2.90 bits per heavy atom. The average molecular weight is 319 g/mol. The van der Waals surface area contributed by atoms with E-state index in [4.69, 9.17) is 5.26 Å². The van der Waals surface area contributed by atoms with Crippen molar-refractivity contribution in [1.29, 1.82) is 5.26 Å². The molecule has 0 unspecified atom stereocenters. The van der Waals surface area contributed by atoms with Crippen LogP contribution in [0.4, 0.5) is 11.4 Å². The lowest BCUT2D eigenvalue weighted by molar-refractivity contribution is 0.603. The highest BCUT2D eigenvalue weighted by molar-refractivity contribution is 7.94. The van der Waals surface area contributed by atoms with Crippen LogP contribution in [-0.4, -0.2) is 15.0 Å². The second-order valence-electron chi connectivity index (χ2n) is 4.74. The number of nitrogens with one attached hydrogen (secondary N) is 2. The van der Waals surface area contributed by atoms with Crippen LogP contribution in [0.25, 0.3) is 0 Å². The van der Waals surface area contributed by atoms with Gasteiger partial charge in [0.05, 0.1) is 0 Å². The summed E-state index contributed by atoms with van der Waals surface area (Å²) < 4.78 is 27.3. The van der Waals surface area contributed by atoms with Crippen LogP contribution in [0.1, 0.15) is 16.9 Å². The molecule has 1 aromatic carbocycles. The van der Waals surface area contributed by atoms with Gasteiger partial charge >= 0.3 is 0 Å². The molecule has 0 saturated heterocycles. The van der Waals surface area contributed by atoms with Crippen LogP contribution in [0.3, 0.4) is 0 Å². The first-order chi connectivity index (χ1) is 10.1. The molecular formula is C14H13N3O2S2. The predicted octanol–water partition coefficient (Wildman–Crippen LogP) is 2.78. The minimum atomic E-state index is -3.63. The first-order valence-corrected chi connectivity index (χ1v) is 8.78. The first kappa shape index (κ1) is 13.9. The van der Waals surface area contributed by atoms with Gasteiger partial charge in [-0.3, -0.25) is 4.72 Å². The molecule has 0 atom stereocenters. The standard InChI is InChI=1S/C14H13N3O2S2/c15-9-12-4-6-14(20-12)21(18,19)17-11-3-5-13-10(8-11)2-1-7-16-13/h3-6,8,16-17H,1-2,7H2. The predicted molar refractivity (Wildman–Crippen MR) is 83.1 cm³/mol. The number of hydrogen-bond donors (Lipinski definition) is 2. The van der Waals surface area contributed by atoms with Crippen LogP contribution in [0.5, 0.6) is 0 Å². The zero-order chi connectivity index (χ0) is 14.9. The Bertz CT molecular complexity index is 819. The van der Waals surface area contributed by atoms with Crippen molar-refractivity contribution in [1.82, 2.24) is 0 Å². The normalized spacial score (nSPS) is 13.9. The van der Waals surface area contributed by atoms with Crippen molar-refractivity contribution in [2.75, 3.05) is 16.6 Å². The van der Waals surface area contributed by atoms with Gasteiger partial charge in [0.25, 0.3) is 10.0 Å². The summed E-state index contributed by atoms with van der Waals surface area (Å²) in [6.45, 7) is 0.949. The fourth-order valence-electron chi connectivity index (χ4n) is 2.27. The summed E-state index contributed by atoms with van der Waals surface area (Å²) in [5, 5.41) is 12.1. The molecule has 2 N–H and O–H groups in total. The van der Waals surface area contributed by atoms with Gasteiger partial charge in [-0.2, -0.15) is 5.26 Å². The topological polar surface area (TPSA) is 82.0 Å². The number of sulfonamides is 1. The van der Waals surface area contributed by atoms with E-state index in [-0.39, 0.29) is 4.21 Å². The lowest BCUT2D eigenvalue weighted by Gasteiger charge is -2.18. The number of nitriles is 1. The molecule has 3 rings (SSSR count). The number of aryl methyl sites for hydroxylation is 1. The fraction of sp³-hybridized carbons (Fsp3) is 0.214. The number of anilines is 2. The summed E-state index contributed by atoms with van der Waals surface area (Å²) in [5.41, 5.74) is 2.72. The Morgan fingerprint density at radius 1 is 1.29 bits per heavy atom. The minimum absolute atomic E-state index is 0.148. The van der Waals surface area contributed by atoms with Crippen molar-refractivity contribution >= 4 is 32.7 Å². The van der Waals surface area contributed by atoms with Crippen LogP contribution in [0, 0.1) is 11.3 Å². The number of rotatable bonds is 3. The molecule has 0 saturated carbocycles. The molecule has 2 aromatic rings. The maximum absolute atomic E-state index is 12.3. The first-order valence-electron chi connectivity index (χ1n) is 6.48. The highest BCUT2D eigenvalue weighted by atomic mass is 32.2. The zero-order valence-corrected chi connectivity index (χ0v) is 12.7. The summed E-state index contributed by atoms with van der Waals surface area (Å²) in [7, 11) is -3.63. The molecule has 2 heterocycles. The van der Waals surface area contributed by atoms with Gasteiger partial charge in [0.2, 0.25) is 0 Å². The minimum Gasteiger partial charge on any atom is -0.385 e. The molecule has 0 bridgehead atoms. The summed E-state index contributed by atoms with van der Waals surface area (Å²) >= 11 is 0.964. The molecule has 0 aliphatic carbocycles. The smallest absolute Gasteiger partial charge is 0.271 e. The van der Waals surface area contributed by atoms with Gasteiger partial charge < -0.3 is 5.32 Å². The summed E-state index contributed by atoms with van der Waals surface area (Å²) in [6, 6.07) is 10.4. The lowest BCUT2D eigenvalue weighted by atomic mass is 10.0. The molecule has 0 radical (unpaired) electrons. The van der Waals surface area contributed by atoms with Crippen LogP contribution in [0.15, 0.2) is 34.5 Å². The quantitative estimate of drug-likeness (QED) is 0.911. The van der Waals surface area contributed by atoms with Crippen LogP contribution in [-0.2, 0) is 16.4 Å². The van der Waals surface area contributed by atoms with Crippen molar-refractivity contribution in [3.8, 4) is 6.07 Å². The number of hydrogen-bond acceptors (Lipinski definition) is 5. The van der Waals surface area contributed by atoms with Crippen molar-refractivity contribution in [2.24, 2.45) is 0 Å². The molecule has 0 fully saturated rings. The number of benzene rings is 1. The largest absolute Gasteiger partial charge is 0.385 e. The lowest BCUT2D eigenvalue weighted by Crippen LogP contribution is -2.14. The summed E-state index contributed by atoms with van der Waals surface area (Å²) in [6.07, 6.45) is 1.98. The monoisotopic (exact) mass is 319 g/mol. The Kier molecular flexibility index (Phi) is 3.57. The maximum Gasteiger partial charge on any atom is 0.271 e. The molecule has 5 nitrogen and oxygen atoms in total. The third-order valence-corrected chi connectivity index (χ3v) is 6.12. The maximum atomic E-state index is 12.3. The third-order valence-electron chi connectivity index (χ3n) is 3.25. The molecule has 108 valence electrons. The van der Waals surface area contributed by atoms with E-state index < -0.39 is 10.0 Å². The van der Waals surface area contributed by atoms with E-state index in [0.717, 1.165) is 42.0 Å². The van der Waals surface area contributed by atoms with Gasteiger partial charge in [-0.1, -0.05) is 0 Å². The molecule has 1 aromatic heterocycles. The molecule has 1 aliphatic rings. The SMILES string of the molecule is N#Cc1ccc(S(=O)(=O)Nc2ccc3c(c2)CCCN3)s1. The van der Waals surface area contributed by atoms with Crippen molar-refractivity contribution in [2.45, 2.75) is 17.1 Å². The molecular weight excluding hydrogens is 306 g/mol.